The number of hydrogen-bond donors (Lipinski definition) is 2. The van der Waals surface area contributed by atoms with Crippen molar-refractivity contribution in [3.63, 3.8) is 0 Å². The molecule has 1 aliphatic heterocycles. The van der Waals surface area contributed by atoms with Crippen molar-refractivity contribution in [3.8, 4) is 5.69 Å². The smallest absolute Gasteiger partial charge is 0.309 e. The highest BCUT2D eigenvalue weighted by Gasteiger charge is 2.23. The Bertz CT molecular complexity index is 610. The van der Waals surface area contributed by atoms with Crippen molar-refractivity contribution in [1.82, 2.24) is 20.0 Å². The quantitative estimate of drug-likeness (QED) is 0.881. The normalized spacial score (nSPS) is 19.7. The fraction of sp³-hybridized carbons (Fsp3) is 0.375. The average molecular weight is 300 g/mol. The first-order valence-corrected chi connectivity index (χ1v) is 7.47. The molecule has 0 spiro atoms. The zero-order valence-electron chi connectivity index (χ0n) is 12.4. The maximum atomic E-state index is 11.2. The van der Waals surface area contributed by atoms with E-state index in [0.29, 0.717) is 13.1 Å². The van der Waals surface area contributed by atoms with Crippen molar-refractivity contribution >= 4 is 5.97 Å². The van der Waals surface area contributed by atoms with E-state index < -0.39 is 5.97 Å². The van der Waals surface area contributed by atoms with Crippen molar-refractivity contribution in [2.24, 2.45) is 5.92 Å². The molecule has 0 aliphatic carbocycles. The second-order valence-electron chi connectivity index (χ2n) is 5.59. The molecule has 1 aliphatic rings. The summed E-state index contributed by atoms with van der Waals surface area (Å²) in [6.07, 6.45) is 3.66. The van der Waals surface area contributed by atoms with Gasteiger partial charge in [-0.3, -0.25) is 9.69 Å². The van der Waals surface area contributed by atoms with E-state index in [2.05, 4.69) is 27.4 Å². The molecule has 0 unspecified atom stereocenters. The molecule has 0 radical (unpaired) electrons. The van der Waals surface area contributed by atoms with Crippen LogP contribution in [-0.2, 0) is 11.3 Å². The first-order valence-electron chi connectivity index (χ1n) is 7.47. The number of nitrogens with zero attached hydrogens (tertiary/aromatic N) is 3. The van der Waals surface area contributed by atoms with Crippen LogP contribution in [0.1, 0.15) is 5.56 Å². The van der Waals surface area contributed by atoms with Gasteiger partial charge in [0.15, 0.2) is 0 Å². The summed E-state index contributed by atoms with van der Waals surface area (Å²) in [5.74, 6) is -1.07. The van der Waals surface area contributed by atoms with Gasteiger partial charge >= 0.3 is 5.97 Å². The van der Waals surface area contributed by atoms with Crippen LogP contribution in [0.5, 0.6) is 0 Å². The van der Waals surface area contributed by atoms with E-state index in [1.54, 1.807) is 6.20 Å². The summed E-state index contributed by atoms with van der Waals surface area (Å²) >= 11 is 0. The molecule has 3 rings (SSSR count). The van der Waals surface area contributed by atoms with E-state index in [1.807, 2.05) is 29.1 Å². The zero-order chi connectivity index (χ0) is 15.4. The molecule has 0 saturated carbocycles. The Labute approximate surface area is 129 Å². The highest BCUT2D eigenvalue weighted by molar-refractivity contribution is 5.70. The molecule has 116 valence electrons. The van der Waals surface area contributed by atoms with E-state index in [-0.39, 0.29) is 5.92 Å². The summed E-state index contributed by atoms with van der Waals surface area (Å²) in [7, 11) is 0. The van der Waals surface area contributed by atoms with Crippen molar-refractivity contribution in [2.45, 2.75) is 6.54 Å². The maximum Gasteiger partial charge on any atom is 0.309 e. The number of carboxylic acid groups (broad SMARTS) is 1. The van der Waals surface area contributed by atoms with Crippen molar-refractivity contribution in [3.05, 3.63) is 48.3 Å². The minimum absolute atomic E-state index is 0.342. The van der Waals surface area contributed by atoms with Crippen molar-refractivity contribution in [2.75, 3.05) is 26.2 Å². The molecular formula is C16H20N4O2. The summed E-state index contributed by atoms with van der Waals surface area (Å²) in [5.41, 5.74) is 2.21. The summed E-state index contributed by atoms with van der Waals surface area (Å²) in [5, 5.41) is 16.6. The largest absolute Gasteiger partial charge is 0.481 e. The fourth-order valence-electron chi connectivity index (χ4n) is 2.72. The van der Waals surface area contributed by atoms with E-state index >= 15 is 0 Å². The van der Waals surface area contributed by atoms with Gasteiger partial charge in [0.2, 0.25) is 0 Å². The SMILES string of the molecule is O=C(O)[C@H]1CNCCN(Cc2ccc(-n3cccn3)cc2)C1. The van der Waals surface area contributed by atoms with Crippen LogP contribution < -0.4 is 5.32 Å². The lowest BCUT2D eigenvalue weighted by Gasteiger charge is -2.22. The molecule has 6 heteroatoms. The van der Waals surface area contributed by atoms with Crippen LogP contribution in [0, 0.1) is 5.92 Å². The first kappa shape index (κ1) is 14.7. The van der Waals surface area contributed by atoms with Crippen LogP contribution in [0.3, 0.4) is 0 Å². The molecular weight excluding hydrogens is 280 g/mol. The number of carboxylic acids is 1. The molecule has 1 aromatic heterocycles. The number of hydrogen-bond acceptors (Lipinski definition) is 4. The number of nitrogens with one attached hydrogen (secondary N) is 1. The minimum Gasteiger partial charge on any atom is -0.481 e. The number of rotatable bonds is 4. The summed E-state index contributed by atoms with van der Waals surface area (Å²) < 4.78 is 1.82. The highest BCUT2D eigenvalue weighted by Crippen LogP contribution is 2.13. The molecule has 2 aromatic rings. The van der Waals surface area contributed by atoms with Gasteiger partial charge in [-0.15, -0.1) is 0 Å². The molecule has 0 amide bonds. The van der Waals surface area contributed by atoms with Gasteiger partial charge in [0.05, 0.1) is 11.6 Å². The van der Waals surface area contributed by atoms with Gasteiger partial charge in [-0.2, -0.15) is 5.10 Å². The Kier molecular flexibility index (Phi) is 4.50. The fourth-order valence-corrected chi connectivity index (χ4v) is 2.72. The van der Waals surface area contributed by atoms with Crippen LogP contribution in [0.15, 0.2) is 42.7 Å². The lowest BCUT2D eigenvalue weighted by Crippen LogP contribution is -2.33. The predicted octanol–water partition coefficient (Wildman–Crippen LogP) is 0.978. The highest BCUT2D eigenvalue weighted by atomic mass is 16.4. The third kappa shape index (κ3) is 3.52. The van der Waals surface area contributed by atoms with Crippen LogP contribution in [0.4, 0.5) is 0 Å². The van der Waals surface area contributed by atoms with Gasteiger partial charge < -0.3 is 10.4 Å². The van der Waals surface area contributed by atoms with Crippen LogP contribution >= 0.6 is 0 Å². The Balaban J connectivity index is 1.66. The molecule has 1 fully saturated rings. The third-order valence-corrected chi connectivity index (χ3v) is 3.93. The zero-order valence-corrected chi connectivity index (χ0v) is 12.4. The maximum absolute atomic E-state index is 11.2. The van der Waals surface area contributed by atoms with Crippen LogP contribution in [-0.4, -0.2) is 51.9 Å². The molecule has 22 heavy (non-hydrogen) atoms. The van der Waals surface area contributed by atoms with Crippen LogP contribution in [0.25, 0.3) is 5.69 Å². The monoisotopic (exact) mass is 300 g/mol. The predicted molar refractivity (Wildman–Crippen MR) is 82.8 cm³/mol. The lowest BCUT2D eigenvalue weighted by molar-refractivity contribution is -0.142. The Hall–Kier alpha value is -2.18. The molecule has 1 aromatic carbocycles. The topological polar surface area (TPSA) is 70.4 Å². The molecule has 1 saturated heterocycles. The van der Waals surface area contributed by atoms with Gasteiger partial charge in [-0.25, -0.2) is 4.68 Å². The summed E-state index contributed by atoms with van der Waals surface area (Å²) in [6.45, 7) is 3.60. The average Bonchev–Trinajstić information content (AvgIpc) is 2.95. The number of benzene rings is 1. The van der Waals surface area contributed by atoms with Crippen LogP contribution in [0.2, 0.25) is 0 Å². The number of aliphatic carboxylic acids is 1. The van der Waals surface area contributed by atoms with Gasteiger partial charge in [0, 0.05) is 45.1 Å². The molecule has 2 heterocycles. The molecule has 6 nitrogen and oxygen atoms in total. The molecule has 1 atom stereocenters. The first-order chi connectivity index (χ1) is 10.7. The van der Waals surface area contributed by atoms with Crippen molar-refractivity contribution < 1.29 is 9.90 Å². The number of carbonyl (C=O) groups is 1. The standard InChI is InChI=1S/C16H20N4O2/c21-16(22)14-10-17-7-9-19(12-14)11-13-2-4-15(5-3-13)20-8-1-6-18-20/h1-6,8,14,17H,7,9-12H2,(H,21,22)/t14-/m0/s1. The second-order valence-corrected chi connectivity index (χ2v) is 5.59. The van der Waals surface area contributed by atoms with Crippen molar-refractivity contribution in [1.29, 1.82) is 0 Å². The van der Waals surface area contributed by atoms with Gasteiger partial charge in [0.25, 0.3) is 0 Å². The lowest BCUT2D eigenvalue weighted by atomic mass is 10.1. The van der Waals surface area contributed by atoms with E-state index in [4.69, 9.17) is 0 Å². The van der Waals surface area contributed by atoms with Gasteiger partial charge in [-0.1, -0.05) is 12.1 Å². The van der Waals surface area contributed by atoms with Gasteiger partial charge in [-0.05, 0) is 23.8 Å². The number of aromatic nitrogens is 2. The summed E-state index contributed by atoms with van der Waals surface area (Å²) in [4.78, 5) is 13.4. The molecule has 2 N–H and O–H groups in total. The third-order valence-electron chi connectivity index (χ3n) is 3.93. The Morgan fingerprint density at radius 1 is 1.36 bits per heavy atom. The van der Waals surface area contributed by atoms with E-state index in [1.165, 1.54) is 5.56 Å². The Morgan fingerprint density at radius 3 is 2.86 bits per heavy atom. The van der Waals surface area contributed by atoms with Gasteiger partial charge in [0.1, 0.15) is 0 Å². The minimum atomic E-state index is -0.728. The summed E-state index contributed by atoms with van der Waals surface area (Å²) in [6, 6.07) is 10.1. The second kappa shape index (κ2) is 6.72. The van der Waals surface area contributed by atoms with E-state index in [0.717, 1.165) is 25.3 Å². The van der Waals surface area contributed by atoms with E-state index in [9.17, 15) is 9.90 Å². The Morgan fingerprint density at radius 2 is 2.18 bits per heavy atom. The molecule has 0 bridgehead atoms.